The lowest BCUT2D eigenvalue weighted by atomic mass is 10.2. The summed E-state index contributed by atoms with van der Waals surface area (Å²) in [6.45, 7) is 3.73. The quantitative estimate of drug-likeness (QED) is 0.716. The van der Waals surface area contributed by atoms with Crippen LogP contribution in [0.2, 0.25) is 0 Å². The SMILES string of the molecule is CC(C)C(=O)Nc1ccc(Oc2nc(-c3ccccn3)nc3c2CCC3)cc1. The van der Waals surface area contributed by atoms with Gasteiger partial charge in [0.15, 0.2) is 5.82 Å². The topological polar surface area (TPSA) is 77.0 Å². The predicted molar refractivity (Wildman–Crippen MR) is 107 cm³/mol. The zero-order valence-corrected chi connectivity index (χ0v) is 16.0. The lowest BCUT2D eigenvalue weighted by Gasteiger charge is -2.12. The van der Waals surface area contributed by atoms with Gasteiger partial charge in [0.25, 0.3) is 0 Å². The van der Waals surface area contributed by atoms with Crippen LogP contribution in [0.15, 0.2) is 48.7 Å². The second kappa shape index (κ2) is 7.76. The molecule has 0 spiro atoms. The Morgan fingerprint density at radius 1 is 1.07 bits per heavy atom. The van der Waals surface area contributed by atoms with Gasteiger partial charge in [0, 0.05) is 23.4 Å². The third-order valence-electron chi connectivity index (χ3n) is 4.65. The van der Waals surface area contributed by atoms with Crippen molar-refractivity contribution in [3.63, 3.8) is 0 Å². The van der Waals surface area contributed by atoms with Crippen LogP contribution >= 0.6 is 0 Å². The highest BCUT2D eigenvalue weighted by Gasteiger charge is 2.22. The highest BCUT2D eigenvalue weighted by Crippen LogP contribution is 2.33. The minimum absolute atomic E-state index is 0.0118. The maximum atomic E-state index is 11.8. The first-order chi connectivity index (χ1) is 13.6. The van der Waals surface area contributed by atoms with Crippen LogP contribution in [0.4, 0.5) is 5.69 Å². The summed E-state index contributed by atoms with van der Waals surface area (Å²) in [4.78, 5) is 25.5. The van der Waals surface area contributed by atoms with E-state index in [-0.39, 0.29) is 11.8 Å². The number of aromatic nitrogens is 3. The number of carbonyl (C=O) groups is 1. The van der Waals surface area contributed by atoms with Crippen molar-refractivity contribution in [2.24, 2.45) is 5.92 Å². The van der Waals surface area contributed by atoms with Crippen molar-refractivity contribution in [2.45, 2.75) is 33.1 Å². The van der Waals surface area contributed by atoms with Gasteiger partial charge in [-0.3, -0.25) is 9.78 Å². The van der Waals surface area contributed by atoms with E-state index in [1.807, 2.05) is 56.3 Å². The number of hydrogen-bond acceptors (Lipinski definition) is 5. The number of carbonyl (C=O) groups excluding carboxylic acids is 1. The first-order valence-electron chi connectivity index (χ1n) is 9.50. The molecule has 0 fully saturated rings. The Bertz CT molecular complexity index is 985. The highest BCUT2D eigenvalue weighted by atomic mass is 16.5. The molecule has 0 radical (unpaired) electrons. The number of hydrogen-bond donors (Lipinski definition) is 1. The zero-order chi connectivity index (χ0) is 19.5. The van der Waals surface area contributed by atoms with Crippen molar-refractivity contribution in [1.82, 2.24) is 15.0 Å². The lowest BCUT2D eigenvalue weighted by Crippen LogP contribution is -2.17. The zero-order valence-electron chi connectivity index (χ0n) is 16.0. The summed E-state index contributed by atoms with van der Waals surface area (Å²) < 4.78 is 6.10. The van der Waals surface area contributed by atoms with Crippen molar-refractivity contribution in [3.05, 3.63) is 59.9 Å². The van der Waals surface area contributed by atoms with Gasteiger partial charge < -0.3 is 10.1 Å². The average Bonchev–Trinajstić information content (AvgIpc) is 3.19. The molecule has 1 aliphatic carbocycles. The molecule has 3 aromatic rings. The van der Waals surface area contributed by atoms with E-state index < -0.39 is 0 Å². The number of anilines is 1. The molecule has 1 amide bonds. The molecule has 6 nitrogen and oxygen atoms in total. The van der Waals surface area contributed by atoms with Gasteiger partial charge in [0.05, 0.1) is 5.69 Å². The molecule has 0 atom stereocenters. The van der Waals surface area contributed by atoms with E-state index >= 15 is 0 Å². The first-order valence-corrected chi connectivity index (χ1v) is 9.50. The summed E-state index contributed by atoms with van der Waals surface area (Å²) in [7, 11) is 0. The number of rotatable bonds is 5. The Hall–Kier alpha value is -3.28. The second-order valence-electron chi connectivity index (χ2n) is 7.12. The van der Waals surface area contributed by atoms with Crippen LogP contribution in [0.25, 0.3) is 11.5 Å². The molecule has 28 heavy (non-hydrogen) atoms. The van der Waals surface area contributed by atoms with Crippen LogP contribution in [-0.4, -0.2) is 20.9 Å². The molecule has 142 valence electrons. The maximum absolute atomic E-state index is 11.8. The number of aryl methyl sites for hydroxylation is 1. The maximum Gasteiger partial charge on any atom is 0.226 e. The third-order valence-corrected chi connectivity index (χ3v) is 4.65. The largest absolute Gasteiger partial charge is 0.439 e. The molecule has 0 saturated carbocycles. The van der Waals surface area contributed by atoms with Crippen LogP contribution in [0.3, 0.4) is 0 Å². The van der Waals surface area contributed by atoms with E-state index in [0.29, 0.717) is 17.5 Å². The molecule has 0 saturated heterocycles. The number of amides is 1. The fraction of sp³-hybridized carbons (Fsp3) is 0.273. The van der Waals surface area contributed by atoms with Gasteiger partial charge in [-0.25, -0.2) is 4.98 Å². The predicted octanol–water partition coefficient (Wildman–Crippen LogP) is 4.41. The van der Waals surface area contributed by atoms with E-state index in [2.05, 4.69) is 20.3 Å². The summed E-state index contributed by atoms with van der Waals surface area (Å²) in [5.74, 6) is 1.76. The number of ether oxygens (including phenoxy) is 1. The van der Waals surface area contributed by atoms with Crippen LogP contribution in [0.5, 0.6) is 11.6 Å². The van der Waals surface area contributed by atoms with Crippen LogP contribution in [-0.2, 0) is 17.6 Å². The molecule has 0 bridgehead atoms. The third kappa shape index (κ3) is 3.86. The number of nitrogens with zero attached hydrogens (tertiary/aromatic N) is 3. The summed E-state index contributed by atoms with van der Waals surface area (Å²) in [6.07, 6.45) is 4.62. The average molecular weight is 374 g/mol. The molecular formula is C22H22N4O2. The second-order valence-corrected chi connectivity index (χ2v) is 7.12. The number of nitrogens with one attached hydrogen (secondary N) is 1. The van der Waals surface area contributed by atoms with Gasteiger partial charge in [-0.15, -0.1) is 0 Å². The fourth-order valence-electron chi connectivity index (χ4n) is 3.10. The standard InChI is InChI=1S/C22H22N4O2/c1-14(2)21(27)24-15-9-11-16(12-10-15)28-22-17-6-5-8-18(17)25-20(26-22)19-7-3-4-13-23-19/h3-4,7,9-14H,5-6,8H2,1-2H3,(H,24,27). The van der Waals surface area contributed by atoms with Gasteiger partial charge in [-0.05, 0) is 55.7 Å². The summed E-state index contributed by atoms with van der Waals surface area (Å²) in [5.41, 5.74) is 3.57. The Kier molecular flexibility index (Phi) is 5.02. The van der Waals surface area contributed by atoms with Gasteiger partial charge >= 0.3 is 0 Å². The monoisotopic (exact) mass is 374 g/mol. The molecule has 0 unspecified atom stereocenters. The van der Waals surface area contributed by atoms with Gasteiger partial charge in [0.2, 0.25) is 11.8 Å². The van der Waals surface area contributed by atoms with E-state index in [9.17, 15) is 4.79 Å². The van der Waals surface area contributed by atoms with Crippen molar-refractivity contribution in [1.29, 1.82) is 0 Å². The number of pyridine rings is 1. The van der Waals surface area contributed by atoms with Crippen molar-refractivity contribution in [3.8, 4) is 23.1 Å². The van der Waals surface area contributed by atoms with Crippen molar-refractivity contribution in [2.75, 3.05) is 5.32 Å². The minimum atomic E-state index is -0.0652. The van der Waals surface area contributed by atoms with Crippen LogP contribution in [0.1, 0.15) is 31.5 Å². The molecule has 2 aromatic heterocycles. The Morgan fingerprint density at radius 3 is 2.61 bits per heavy atom. The van der Waals surface area contributed by atoms with Crippen molar-refractivity contribution >= 4 is 11.6 Å². The molecule has 6 heteroatoms. The van der Waals surface area contributed by atoms with Gasteiger partial charge in [0.1, 0.15) is 11.4 Å². The molecule has 1 aromatic carbocycles. The van der Waals surface area contributed by atoms with E-state index in [1.54, 1.807) is 6.20 Å². The van der Waals surface area contributed by atoms with Crippen molar-refractivity contribution < 1.29 is 9.53 Å². The minimum Gasteiger partial charge on any atom is -0.439 e. The van der Waals surface area contributed by atoms with Crippen LogP contribution in [0, 0.1) is 5.92 Å². The fourth-order valence-corrected chi connectivity index (χ4v) is 3.10. The highest BCUT2D eigenvalue weighted by molar-refractivity contribution is 5.92. The Morgan fingerprint density at radius 2 is 1.89 bits per heavy atom. The van der Waals surface area contributed by atoms with E-state index in [0.717, 1.165) is 41.9 Å². The summed E-state index contributed by atoms with van der Waals surface area (Å²) in [5, 5.41) is 2.88. The number of benzene rings is 1. The van der Waals surface area contributed by atoms with Gasteiger partial charge in [-0.1, -0.05) is 19.9 Å². The van der Waals surface area contributed by atoms with E-state index in [4.69, 9.17) is 4.74 Å². The molecule has 2 heterocycles. The normalized spacial score (nSPS) is 12.7. The molecular weight excluding hydrogens is 352 g/mol. The molecule has 4 rings (SSSR count). The summed E-state index contributed by atoms with van der Waals surface area (Å²) >= 11 is 0. The van der Waals surface area contributed by atoms with E-state index in [1.165, 1.54) is 0 Å². The smallest absolute Gasteiger partial charge is 0.226 e. The summed E-state index contributed by atoms with van der Waals surface area (Å²) in [6, 6.07) is 13.0. The van der Waals surface area contributed by atoms with Crippen LogP contribution < -0.4 is 10.1 Å². The lowest BCUT2D eigenvalue weighted by molar-refractivity contribution is -0.118. The number of fused-ring (bicyclic) bond motifs is 1. The first kappa shape index (κ1) is 18.1. The van der Waals surface area contributed by atoms with Gasteiger partial charge in [-0.2, -0.15) is 4.98 Å². The Labute approximate surface area is 164 Å². The Balaban J connectivity index is 1.59. The molecule has 1 aliphatic rings. The molecule has 0 aliphatic heterocycles. The molecule has 1 N–H and O–H groups in total.